The van der Waals surface area contributed by atoms with Crippen molar-refractivity contribution in [3.05, 3.63) is 59.4 Å². The van der Waals surface area contributed by atoms with Crippen LogP contribution in [0.25, 0.3) is 11.0 Å². The van der Waals surface area contributed by atoms with Gasteiger partial charge in [0.15, 0.2) is 5.65 Å². The van der Waals surface area contributed by atoms with Crippen molar-refractivity contribution in [3.63, 3.8) is 0 Å². The summed E-state index contributed by atoms with van der Waals surface area (Å²) < 4.78 is 1.89. The minimum atomic E-state index is -0.0418. The number of pyridine rings is 1. The maximum atomic E-state index is 13.1. The van der Waals surface area contributed by atoms with Gasteiger partial charge in [-0.3, -0.25) is 4.79 Å². The van der Waals surface area contributed by atoms with Gasteiger partial charge >= 0.3 is 0 Å². The van der Waals surface area contributed by atoms with Crippen LogP contribution in [0, 0.1) is 0 Å². The van der Waals surface area contributed by atoms with Crippen LogP contribution >= 0.6 is 0 Å². The smallest absolute Gasteiger partial charge is 0.252 e. The van der Waals surface area contributed by atoms with Crippen molar-refractivity contribution in [3.8, 4) is 0 Å². The van der Waals surface area contributed by atoms with Crippen LogP contribution in [0.1, 0.15) is 74.1 Å². The molecule has 0 radical (unpaired) electrons. The van der Waals surface area contributed by atoms with Crippen LogP contribution in [0.5, 0.6) is 0 Å². The van der Waals surface area contributed by atoms with E-state index in [1.165, 1.54) is 5.56 Å². The van der Waals surface area contributed by atoms with Gasteiger partial charge in [0.25, 0.3) is 5.91 Å². The van der Waals surface area contributed by atoms with Crippen molar-refractivity contribution in [2.45, 2.75) is 57.9 Å². The number of rotatable bonds is 6. The molecule has 1 amide bonds. The normalized spacial score (nSPS) is 15.4. The molecule has 1 aliphatic rings. The van der Waals surface area contributed by atoms with Crippen molar-refractivity contribution in [2.24, 2.45) is 0 Å². The molecule has 2 aromatic heterocycles. The van der Waals surface area contributed by atoms with Gasteiger partial charge in [0.05, 0.1) is 17.1 Å². The van der Waals surface area contributed by atoms with Crippen LogP contribution in [-0.4, -0.2) is 27.2 Å². The summed E-state index contributed by atoms with van der Waals surface area (Å²) in [5.74, 6) is 0.199. The molecule has 0 atom stereocenters. The van der Waals surface area contributed by atoms with Gasteiger partial charge in [0.1, 0.15) is 0 Å². The molecule has 1 fully saturated rings. The van der Waals surface area contributed by atoms with E-state index in [0.29, 0.717) is 12.1 Å². The lowest BCUT2D eigenvalue weighted by Crippen LogP contribution is -2.32. The summed E-state index contributed by atoms with van der Waals surface area (Å²) in [5, 5.41) is 8.49. The summed E-state index contributed by atoms with van der Waals surface area (Å²) in [7, 11) is 0. The lowest BCUT2D eigenvalue weighted by atomic mass is 9.96. The Hall–Kier alpha value is -2.69. The Morgan fingerprint density at radius 3 is 2.50 bits per heavy atom. The van der Waals surface area contributed by atoms with Crippen LogP contribution in [0.15, 0.2) is 42.6 Å². The zero-order valence-electron chi connectivity index (χ0n) is 17.1. The molecule has 5 nitrogen and oxygen atoms in total. The molecule has 0 saturated heterocycles. The highest BCUT2D eigenvalue weighted by Gasteiger charge is 2.44. The Balaban J connectivity index is 1.64. The number of aromatic nitrogens is 3. The lowest BCUT2D eigenvalue weighted by molar-refractivity contribution is 0.0951. The number of carbonyl (C=O) groups excluding carboxylic acids is 1. The predicted octanol–water partition coefficient (Wildman–Crippen LogP) is 4.60. The predicted molar refractivity (Wildman–Crippen MR) is 112 cm³/mol. The molecule has 4 rings (SSSR count). The van der Waals surface area contributed by atoms with E-state index in [0.717, 1.165) is 29.6 Å². The molecule has 0 unspecified atom stereocenters. The third-order valence-electron chi connectivity index (χ3n) is 5.74. The largest absolute Gasteiger partial charge is 0.351 e. The van der Waals surface area contributed by atoms with Crippen molar-refractivity contribution in [2.75, 3.05) is 6.54 Å². The summed E-state index contributed by atoms with van der Waals surface area (Å²) in [6.07, 6.45) is 4.00. The van der Waals surface area contributed by atoms with Crippen molar-refractivity contribution < 1.29 is 4.79 Å². The van der Waals surface area contributed by atoms with Gasteiger partial charge in [-0.05, 0) is 44.2 Å². The molecule has 1 saturated carbocycles. The lowest BCUT2D eigenvalue weighted by Gasteiger charge is -2.17. The van der Waals surface area contributed by atoms with Crippen LogP contribution < -0.4 is 5.32 Å². The highest BCUT2D eigenvalue weighted by Crippen LogP contribution is 2.47. The molecule has 1 aliphatic carbocycles. The van der Waals surface area contributed by atoms with Crippen LogP contribution in [0.2, 0.25) is 0 Å². The first kappa shape index (κ1) is 18.7. The standard InChI is InChI=1S/C23H28N4O/c1-15(2)20-12-18(19-13-25-27(16(3)4)21(19)26-20)22(28)24-14-23(10-11-23)17-8-6-5-7-9-17/h5-9,12-13,15-16H,10-11,14H2,1-4H3,(H,24,28). The Morgan fingerprint density at radius 1 is 1.18 bits per heavy atom. The van der Waals surface area contributed by atoms with E-state index in [4.69, 9.17) is 4.98 Å². The Labute approximate surface area is 166 Å². The van der Waals surface area contributed by atoms with E-state index < -0.39 is 0 Å². The number of nitrogens with zero attached hydrogens (tertiary/aromatic N) is 3. The summed E-state index contributed by atoms with van der Waals surface area (Å²) in [6, 6.07) is 12.6. The topological polar surface area (TPSA) is 59.8 Å². The Bertz CT molecular complexity index is 1000. The molecule has 1 aromatic carbocycles. The molecule has 1 N–H and O–H groups in total. The maximum absolute atomic E-state index is 13.1. The van der Waals surface area contributed by atoms with E-state index in [2.05, 4.69) is 62.4 Å². The summed E-state index contributed by atoms with van der Waals surface area (Å²) in [4.78, 5) is 17.9. The SMILES string of the molecule is CC(C)c1cc(C(=O)NCC2(c3ccccc3)CC2)c2cnn(C(C)C)c2n1. The number of fused-ring (bicyclic) bond motifs is 1. The minimum absolute atomic E-state index is 0.0418. The molecule has 0 bridgehead atoms. The summed E-state index contributed by atoms with van der Waals surface area (Å²) >= 11 is 0. The number of nitrogens with one attached hydrogen (secondary N) is 1. The molecule has 2 heterocycles. The molecule has 5 heteroatoms. The van der Waals surface area contributed by atoms with Crippen molar-refractivity contribution >= 4 is 16.9 Å². The molecule has 0 aliphatic heterocycles. The van der Waals surface area contributed by atoms with E-state index in [9.17, 15) is 4.79 Å². The fourth-order valence-corrected chi connectivity index (χ4v) is 3.75. The van der Waals surface area contributed by atoms with Gasteiger partial charge in [-0.25, -0.2) is 9.67 Å². The third kappa shape index (κ3) is 3.30. The molecule has 28 heavy (non-hydrogen) atoms. The monoisotopic (exact) mass is 376 g/mol. The first-order chi connectivity index (χ1) is 13.4. The zero-order valence-corrected chi connectivity index (χ0v) is 17.1. The minimum Gasteiger partial charge on any atom is -0.351 e. The van der Waals surface area contributed by atoms with Gasteiger partial charge in [-0.1, -0.05) is 44.2 Å². The quantitative estimate of drug-likeness (QED) is 0.684. The highest BCUT2D eigenvalue weighted by molar-refractivity contribution is 6.05. The van der Waals surface area contributed by atoms with Gasteiger partial charge in [0.2, 0.25) is 0 Å². The molecular formula is C23H28N4O. The zero-order chi connectivity index (χ0) is 19.9. The van der Waals surface area contributed by atoms with Crippen LogP contribution in [0.4, 0.5) is 0 Å². The molecule has 3 aromatic rings. The van der Waals surface area contributed by atoms with E-state index in [1.807, 2.05) is 16.8 Å². The average Bonchev–Trinajstić information content (AvgIpc) is 3.36. The number of carbonyl (C=O) groups is 1. The number of benzene rings is 1. The van der Waals surface area contributed by atoms with Gasteiger partial charge in [-0.15, -0.1) is 0 Å². The number of hydrogen-bond donors (Lipinski definition) is 1. The summed E-state index contributed by atoms with van der Waals surface area (Å²) in [5.41, 5.74) is 3.78. The van der Waals surface area contributed by atoms with E-state index in [-0.39, 0.29) is 23.3 Å². The van der Waals surface area contributed by atoms with Crippen LogP contribution in [0.3, 0.4) is 0 Å². The first-order valence-corrected chi connectivity index (χ1v) is 10.1. The number of hydrogen-bond acceptors (Lipinski definition) is 3. The number of amides is 1. The fraction of sp³-hybridized carbons (Fsp3) is 0.435. The fourth-order valence-electron chi connectivity index (χ4n) is 3.75. The molecule has 0 spiro atoms. The maximum Gasteiger partial charge on any atom is 0.252 e. The van der Waals surface area contributed by atoms with E-state index >= 15 is 0 Å². The second kappa shape index (κ2) is 7.04. The average molecular weight is 377 g/mol. The van der Waals surface area contributed by atoms with Crippen molar-refractivity contribution in [1.82, 2.24) is 20.1 Å². The second-order valence-electron chi connectivity index (χ2n) is 8.50. The molecular weight excluding hydrogens is 348 g/mol. The molecule has 146 valence electrons. The Morgan fingerprint density at radius 2 is 1.89 bits per heavy atom. The van der Waals surface area contributed by atoms with Gasteiger partial charge < -0.3 is 5.32 Å². The van der Waals surface area contributed by atoms with E-state index in [1.54, 1.807) is 6.20 Å². The first-order valence-electron chi connectivity index (χ1n) is 10.1. The third-order valence-corrected chi connectivity index (χ3v) is 5.74. The summed E-state index contributed by atoms with van der Waals surface area (Å²) in [6.45, 7) is 9.01. The second-order valence-corrected chi connectivity index (χ2v) is 8.50. The highest BCUT2D eigenvalue weighted by atomic mass is 16.1. The van der Waals surface area contributed by atoms with Crippen LogP contribution in [-0.2, 0) is 5.41 Å². The van der Waals surface area contributed by atoms with Gasteiger partial charge in [0, 0.05) is 23.7 Å². The Kier molecular flexibility index (Phi) is 4.69. The van der Waals surface area contributed by atoms with Crippen molar-refractivity contribution in [1.29, 1.82) is 0 Å². The van der Waals surface area contributed by atoms with Gasteiger partial charge in [-0.2, -0.15) is 5.10 Å².